The predicted molar refractivity (Wildman–Crippen MR) is 172 cm³/mol. The second-order valence-electron chi connectivity index (χ2n) is 9.60. The summed E-state index contributed by atoms with van der Waals surface area (Å²) in [6.45, 7) is 17.1. The molecule has 0 unspecified atom stereocenters. The topological polar surface area (TPSA) is 167 Å². The molecule has 0 atom stereocenters. The monoisotopic (exact) mass is 845 g/mol. The van der Waals surface area contributed by atoms with Gasteiger partial charge in [-0.15, -0.1) is 9.32 Å². The van der Waals surface area contributed by atoms with E-state index in [2.05, 4.69) is 78.0 Å². The molecule has 46 heavy (non-hydrogen) atoms. The van der Waals surface area contributed by atoms with E-state index in [1.807, 2.05) is 49.1 Å². The summed E-state index contributed by atoms with van der Waals surface area (Å²) in [7, 11) is 4.11. The van der Waals surface area contributed by atoms with Gasteiger partial charge in [-0.1, -0.05) is 38.5 Å². The van der Waals surface area contributed by atoms with Gasteiger partial charge in [-0.2, -0.15) is 5.90 Å². The van der Waals surface area contributed by atoms with E-state index in [-0.39, 0.29) is 20.4 Å². The smallest absolute Gasteiger partial charge is 0 e. The third-order valence-corrected chi connectivity index (χ3v) is 7.40. The van der Waals surface area contributed by atoms with Crippen molar-refractivity contribution in [1.82, 2.24) is 29.3 Å². The van der Waals surface area contributed by atoms with Gasteiger partial charge < -0.3 is 19.8 Å². The molecular formula is C30H42N8O5ReS2. The molecule has 0 aliphatic rings. The number of unbranched alkanes of at least 4 members (excludes halogenated alkanes) is 7. The molecule has 4 N–H and O–H groups in total. The Morgan fingerprint density at radius 3 is 1.78 bits per heavy atom. The molecule has 13 nitrogen and oxygen atoms in total. The molecule has 2 heterocycles. The number of nitrogens with two attached hydrogens (primary N) is 1. The Kier molecular flexibility index (Phi) is 30.7. The molecule has 3 rings (SSSR count). The molecule has 0 spiro atoms. The van der Waals surface area contributed by atoms with Gasteiger partial charge in [0.25, 0.3) is 0 Å². The summed E-state index contributed by atoms with van der Waals surface area (Å²) in [6, 6.07) is 7.65. The molecule has 16 heteroatoms. The van der Waals surface area contributed by atoms with Gasteiger partial charge in [0, 0.05) is 76.4 Å². The molecule has 0 aliphatic heterocycles. The second-order valence-corrected chi connectivity index (χ2v) is 10.8. The average molecular weight is 845 g/mol. The first kappa shape index (κ1) is 45.5. The maximum atomic E-state index is 7.50. The van der Waals surface area contributed by atoms with Crippen LogP contribution in [0.15, 0.2) is 53.9 Å². The van der Waals surface area contributed by atoms with Gasteiger partial charge in [0.2, 0.25) is 0 Å². The summed E-state index contributed by atoms with van der Waals surface area (Å²) < 4.78 is 31.3. The van der Waals surface area contributed by atoms with Crippen LogP contribution in [-0.4, -0.2) is 42.2 Å². The van der Waals surface area contributed by atoms with Crippen LogP contribution in [0.4, 0.5) is 5.69 Å². The average Bonchev–Trinajstić information content (AvgIpc) is 3.68. The molecule has 0 bridgehead atoms. The maximum absolute atomic E-state index is 7.50. The van der Waals surface area contributed by atoms with Gasteiger partial charge >= 0.3 is 33.9 Å². The van der Waals surface area contributed by atoms with E-state index in [1.165, 1.54) is 44.9 Å². The molecule has 3 aromatic rings. The van der Waals surface area contributed by atoms with Gasteiger partial charge in [-0.25, -0.2) is 9.97 Å². The summed E-state index contributed by atoms with van der Waals surface area (Å²) in [4.78, 5) is 16.5. The van der Waals surface area contributed by atoms with Crippen molar-refractivity contribution >= 4 is 35.1 Å². The molecule has 0 amide bonds. The number of nitrogens with zero attached hydrogens (tertiary/aromatic N) is 5. The van der Waals surface area contributed by atoms with Crippen molar-refractivity contribution in [1.29, 1.82) is 0 Å². The van der Waals surface area contributed by atoms with Crippen LogP contribution in [0.25, 0.3) is 0 Å². The quantitative estimate of drug-likeness (QED) is 0.0285. The Labute approximate surface area is 295 Å². The van der Waals surface area contributed by atoms with Crippen molar-refractivity contribution in [3.8, 4) is 0 Å². The van der Waals surface area contributed by atoms with Gasteiger partial charge in [0.05, 0.1) is 25.1 Å². The first-order valence-electron chi connectivity index (χ1n) is 14.2. The molecular weight excluding hydrogens is 803 g/mol. The van der Waals surface area contributed by atoms with Crippen molar-refractivity contribution in [2.24, 2.45) is 20.0 Å². The third-order valence-electron chi connectivity index (χ3n) is 6.54. The van der Waals surface area contributed by atoms with Crippen LogP contribution < -0.4 is 16.5 Å². The molecule has 251 valence electrons. The van der Waals surface area contributed by atoms with E-state index in [4.69, 9.17) is 32.1 Å². The van der Waals surface area contributed by atoms with Crippen LogP contribution in [0, 0.1) is 20.0 Å². The Hall–Kier alpha value is -2.60. The summed E-state index contributed by atoms with van der Waals surface area (Å²) in [6.07, 6.45) is 17.7. The summed E-state index contributed by atoms with van der Waals surface area (Å²) in [5.74, 6) is 7.03. The molecule has 1 radical (unpaired) electrons. The van der Waals surface area contributed by atoms with Crippen LogP contribution in [0.2, 0.25) is 0 Å². The predicted octanol–water partition coefficient (Wildman–Crippen LogP) is 4.98. The number of anilines is 1. The zero-order valence-corrected chi connectivity index (χ0v) is 30.5. The number of aryl methyl sites for hydroxylation is 2. The summed E-state index contributed by atoms with van der Waals surface area (Å²) in [5.41, 5.74) is 0.918. The first-order chi connectivity index (χ1) is 22.0. The van der Waals surface area contributed by atoms with E-state index >= 15 is 0 Å². The fraction of sp³-hybridized carbons (Fsp3) is 0.467. The van der Waals surface area contributed by atoms with E-state index in [0.717, 1.165) is 66.9 Å². The van der Waals surface area contributed by atoms with E-state index in [1.54, 1.807) is 0 Å². The molecule has 0 aliphatic carbocycles. The second kappa shape index (κ2) is 31.0. The molecule has 0 saturated carbocycles. The zero-order valence-electron chi connectivity index (χ0n) is 26.2. The molecule has 2 aromatic heterocycles. The van der Waals surface area contributed by atoms with E-state index in [9.17, 15) is 0 Å². The number of benzene rings is 1. The first-order valence-corrected chi connectivity index (χ1v) is 15.3. The minimum absolute atomic E-state index is 0. The number of rotatable bonds is 19. The Bertz CT molecular complexity index is 1180. The number of imidazole rings is 2. The third kappa shape index (κ3) is 20.5. The SMILES string of the molecule is Cn1ccnc1CN(CCCCCCCCCCNC(=S)Nc1ccc(SOON)cc1)Cc1nccn1C.[C-]#[O+].[C-]#[O+].[C-]#[O+].[Re]. The number of nitrogens with one attached hydrogen (secondary N) is 2. The Balaban J connectivity index is 0. The van der Waals surface area contributed by atoms with Crippen molar-refractivity contribution in [2.75, 3.05) is 18.4 Å². The van der Waals surface area contributed by atoms with Crippen LogP contribution >= 0.6 is 24.3 Å². The van der Waals surface area contributed by atoms with Crippen LogP contribution in [0.5, 0.6) is 0 Å². The van der Waals surface area contributed by atoms with Crippen LogP contribution in [0.1, 0.15) is 63.0 Å². The van der Waals surface area contributed by atoms with Gasteiger partial charge in [-0.05, 0) is 55.9 Å². The van der Waals surface area contributed by atoms with E-state index in [0.29, 0.717) is 5.11 Å². The van der Waals surface area contributed by atoms with Gasteiger partial charge in [0.15, 0.2) is 5.11 Å². The van der Waals surface area contributed by atoms with Gasteiger partial charge in [-0.3, -0.25) is 4.90 Å². The molecule has 0 fully saturated rings. The molecule has 0 saturated heterocycles. The van der Waals surface area contributed by atoms with Crippen molar-refractivity contribution in [3.05, 3.63) is 80.7 Å². The fourth-order valence-electron chi connectivity index (χ4n) is 4.26. The Morgan fingerprint density at radius 1 is 0.848 bits per heavy atom. The Morgan fingerprint density at radius 2 is 1.33 bits per heavy atom. The number of hydrogen-bond acceptors (Lipinski definition) is 8. The van der Waals surface area contributed by atoms with Crippen LogP contribution in [-0.2, 0) is 70.9 Å². The van der Waals surface area contributed by atoms with Crippen molar-refractivity contribution in [2.45, 2.75) is 69.4 Å². The van der Waals surface area contributed by atoms with Gasteiger partial charge in [0.1, 0.15) is 11.6 Å². The summed E-state index contributed by atoms with van der Waals surface area (Å²) in [5, 5.41) is 7.12. The minimum Gasteiger partial charge on any atom is 0 e. The number of hydrogen-bond donors (Lipinski definition) is 3. The van der Waals surface area contributed by atoms with Crippen molar-refractivity contribution in [3.63, 3.8) is 0 Å². The number of thiocarbonyl (C=S) groups is 1. The normalized spacial score (nSPS) is 9.70. The maximum Gasteiger partial charge on any atom is 0 e. The largest absolute Gasteiger partial charge is 0 e. The van der Waals surface area contributed by atoms with E-state index < -0.39 is 0 Å². The fourth-order valence-corrected chi connectivity index (χ4v) is 4.85. The molecule has 1 aromatic carbocycles. The summed E-state index contributed by atoms with van der Waals surface area (Å²) >= 11 is 6.44. The zero-order chi connectivity index (χ0) is 33.7. The van der Waals surface area contributed by atoms with Crippen molar-refractivity contribution < 1.29 is 43.7 Å². The standard InChI is InChI=1S/C27H42N8O2S2.3CO.Re/c1-33-19-16-29-25(33)21-35(22-26-30-17-20-34(26)2)18-10-8-6-4-3-5-7-9-15-31-27(38)32-23-11-13-24(14-12-23)39-37-36-28;3*1-2;/h11-14,16-17,19-20H,3-10,15,18,21-22,28H2,1-2H3,(H2,31,32,38);;;;. The number of aromatic nitrogens is 4. The minimum atomic E-state index is 0. The van der Waals surface area contributed by atoms with Crippen LogP contribution in [0.3, 0.4) is 0 Å².